The molecule has 2 aromatic heterocycles. The third-order valence-electron chi connectivity index (χ3n) is 5.55. The van der Waals surface area contributed by atoms with Crippen LogP contribution in [-0.2, 0) is 4.79 Å². The van der Waals surface area contributed by atoms with Gasteiger partial charge in [-0.15, -0.1) is 0 Å². The van der Waals surface area contributed by atoms with Crippen molar-refractivity contribution in [3.63, 3.8) is 0 Å². The van der Waals surface area contributed by atoms with Gasteiger partial charge in [-0.05, 0) is 50.2 Å². The Morgan fingerprint density at radius 3 is 2.75 bits per heavy atom. The minimum absolute atomic E-state index is 0.00871. The van der Waals surface area contributed by atoms with Crippen LogP contribution < -0.4 is 0 Å². The quantitative estimate of drug-likeness (QED) is 0.684. The van der Waals surface area contributed by atoms with Gasteiger partial charge in [-0.3, -0.25) is 9.69 Å². The molecule has 1 amide bonds. The van der Waals surface area contributed by atoms with Crippen molar-refractivity contribution in [1.82, 2.24) is 9.91 Å². The highest BCUT2D eigenvalue weighted by Gasteiger charge is 2.36. The average molecular weight is 377 g/mol. The van der Waals surface area contributed by atoms with Gasteiger partial charge >= 0.3 is 0 Å². The average Bonchev–Trinajstić information content (AvgIpc) is 3.46. The van der Waals surface area contributed by atoms with E-state index in [0.29, 0.717) is 18.7 Å². The van der Waals surface area contributed by atoms with E-state index in [9.17, 15) is 4.79 Å². The summed E-state index contributed by atoms with van der Waals surface area (Å²) in [6.45, 7) is 2.35. The predicted octanol–water partition coefficient (Wildman–Crippen LogP) is 4.19. The van der Waals surface area contributed by atoms with Gasteiger partial charge in [0.2, 0.25) is 0 Å². The van der Waals surface area contributed by atoms with Gasteiger partial charge in [0.25, 0.3) is 5.91 Å². The first kappa shape index (κ1) is 17.3. The van der Waals surface area contributed by atoms with Crippen molar-refractivity contribution in [3.8, 4) is 0 Å². The molecule has 6 heteroatoms. The van der Waals surface area contributed by atoms with Crippen molar-refractivity contribution in [2.24, 2.45) is 5.10 Å². The topological polar surface area (TPSA) is 62.2 Å². The number of carbonyl (C=O) groups is 1. The van der Waals surface area contributed by atoms with Crippen LogP contribution in [-0.4, -0.2) is 41.2 Å². The van der Waals surface area contributed by atoms with Crippen molar-refractivity contribution in [1.29, 1.82) is 0 Å². The summed E-state index contributed by atoms with van der Waals surface area (Å²) < 4.78 is 11.6. The van der Waals surface area contributed by atoms with Gasteiger partial charge in [0.05, 0.1) is 12.8 Å². The molecule has 0 radical (unpaired) electrons. The molecule has 2 aliphatic rings. The van der Waals surface area contributed by atoms with Crippen molar-refractivity contribution in [2.75, 3.05) is 19.6 Å². The molecule has 0 saturated carbocycles. The lowest BCUT2D eigenvalue weighted by Gasteiger charge is -2.28. The maximum atomic E-state index is 13.1. The van der Waals surface area contributed by atoms with Crippen LogP contribution in [0, 0.1) is 0 Å². The Labute approximate surface area is 163 Å². The number of likely N-dealkylation sites (tertiary alicyclic amines) is 1. The number of hydrogen-bond acceptors (Lipinski definition) is 5. The van der Waals surface area contributed by atoms with Crippen LogP contribution in [0.5, 0.6) is 0 Å². The zero-order valence-electron chi connectivity index (χ0n) is 15.7. The molecular weight excluding hydrogens is 354 g/mol. The number of benzene rings is 1. The number of hydrogen-bond donors (Lipinski definition) is 0. The fourth-order valence-corrected chi connectivity index (χ4v) is 4.10. The monoisotopic (exact) mass is 377 g/mol. The molecule has 144 valence electrons. The van der Waals surface area contributed by atoms with Crippen molar-refractivity contribution < 1.29 is 13.6 Å². The van der Waals surface area contributed by atoms with Gasteiger partial charge in [0.1, 0.15) is 23.1 Å². The zero-order chi connectivity index (χ0) is 18.9. The molecule has 6 nitrogen and oxygen atoms in total. The van der Waals surface area contributed by atoms with Gasteiger partial charge < -0.3 is 8.83 Å². The highest BCUT2D eigenvalue weighted by atomic mass is 16.3. The van der Waals surface area contributed by atoms with E-state index in [4.69, 9.17) is 8.83 Å². The molecule has 0 aliphatic carbocycles. The number of fused-ring (bicyclic) bond motifs is 1. The van der Waals surface area contributed by atoms with Crippen LogP contribution in [0.15, 0.2) is 62.7 Å². The number of piperidine rings is 1. The van der Waals surface area contributed by atoms with Crippen molar-refractivity contribution in [3.05, 3.63) is 60.2 Å². The van der Waals surface area contributed by atoms with E-state index in [-0.39, 0.29) is 11.9 Å². The highest BCUT2D eigenvalue weighted by Crippen LogP contribution is 2.34. The second kappa shape index (κ2) is 7.28. The minimum atomic E-state index is -0.226. The van der Waals surface area contributed by atoms with Gasteiger partial charge in [0.15, 0.2) is 5.76 Å². The Morgan fingerprint density at radius 2 is 1.96 bits per heavy atom. The molecular formula is C22H23N3O3. The molecule has 1 fully saturated rings. The number of nitrogens with zero attached hydrogens (tertiary/aromatic N) is 3. The molecule has 1 saturated heterocycles. The molecule has 2 aliphatic heterocycles. The van der Waals surface area contributed by atoms with Crippen LogP contribution in [0.4, 0.5) is 0 Å². The van der Waals surface area contributed by atoms with E-state index < -0.39 is 0 Å². The summed E-state index contributed by atoms with van der Waals surface area (Å²) in [5.74, 6) is 1.47. The van der Waals surface area contributed by atoms with E-state index >= 15 is 0 Å². The maximum absolute atomic E-state index is 13.1. The SMILES string of the molecule is O=C(CN1CCCCC1)N1N=C(c2cc3ccccc3o2)CC1c1ccco1. The second-order valence-electron chi connectivity index (χ2n) is 7.51. The fourth-order valence-electron chi connectivity index (χ4n) is 4.10. The first-order valence-electron chi connectivity index (χ1n) is 9.92. The third kappa shape index (κ3) is 3.24. The lowest BCUT2D eigenvalue weighted by Crippen LogP contribution is -2.40. The molecule has 1 atom stereocenters. The molecule has 0 bridgehead atoms. The van der Waals surface area contributed by atoms with Crippen molar-refractivity contribution in [2.45, 2.75) is 31.7 Å². The summed E-state index contributed by atoms with van der Waals surface area (Å²) in [6.07, 6.45) is 5.78. The highest BCUT2D eigenvalue weighted by molar-refractivity contribution is 6.03. The van der Waals surface area contributed by atoms with E-state index in [1.165, 1.54) is 6.42 Å². The Hall–Kier alpha value is -2.86. The van der Waals surface area contributed by atoms with E-state index in [2.05, 4.69) is 10.0 Å². The number of hydrazone groups is 1. The first-order valence-corrected chi connectivity index (χ1v) is 9.92. The number of rotatable bonds is 4. The summed E-state index contributed by atoms with van der Waals surface area (Å²) in [7, 11) is 0. The normalized spacial score (nSPS) is 20.6. The first-order chi connectivity index (χ1) is 13.8. The van der Waals surface area contributed by atoms with Gasteiger partial charge in [0, 0.05) is 11.8 Å². The van der Waals surface area contributed by atoms with Crippen LogP contribution in [0.3, 0.4) is 0 Å². The predicted molar refractivity (Wildman–Crippen MR) is 106 cm³/mol. The van der Waals surface area contributed by atoms with Crippen LogP contribution in [0.25, 0.3) is 11.0 Å². The van der Waals surface area contributed by atoms with E-state index in [1.807, 2.05) is 42.5 Å². The summed E-state index contributed by atoms with van der Waals surface area (Å²) in [4.78, 5) is 15.3. The standard InChI is InChI=1S/C22H23N3O3/c26-22(15-24-10-4-1-5-11-24)25-18(20-9-6-12-27-20)14-17(23-25)21-13-16-7-2-3-8-19(16)28-21/h2-3,6-9,12-13,18H,1,4-5,10-11,14-15H2. The smallest absolute Gasteiger partial charge is 0.257 e. The van der Waals surface area contributed by atoms with Gasteiger partial charge in [-0.1, -0.05) is 24.6 Å². The summed E-state index contributed by atoms with van der Waals surface area (Å²) >= 11 is 0. The second-order valence-corrected chi connectivity index (χ2v) is 7.51. The lowest BCUT2D eigenvalue weighted by molar-refractivity contribution is -0.134. The molecule has 28 heavy (non-hydrogen) atoms. The third-order valence-corrected chi connectivity index (χ3v) is 5.55. The molecule has 3 aromatic rings. The Bertz CT molecular complexity index is 966. The minimum Gasteiger partial charge on any atom is -0.467 e. The summed E-state index contributed by atoms with van der Waals surface area (Å²) in [5.41, 5.74) is 1.61. The van der Waals surface area contributed by atoms with Crippen LogP contribution >= 0.6 is 0 Å². The Balaban J connectivity index is 1.43. The number of amides is 1. The van der Waals surface area contributed by atoms with Crippen LogP contribution in [0.1, 0.15) is 43.2 Å². The molecule has 0 N–H and O–H groups in total. The molecule has 0 spiro atoms. The van der Waals surface area contributed by atoms with E-state index in [1.54, 1.807) is 11.3 Å². The fraction of sp³-hybridized carbons (Fsp3) is 0.364. The van der Waals surface area contributed by atoms with Crippen molar-refractivity contribution >= 4 is 22.6 Å². The number of furan rings is 2. The molecule has 5 rings (SSSR count). The maximum Gasteiger partial charge on any atom is 0.257 e. The number of para-hydroxylation sites is 1. The van der Waals surface area contributed by atoms with Crippen LogP contribution in [0.2, 0.25) is 0 Å². The Kier molecular flexibility index (Phi) is 4.49. The van der Waals surface area contributed by atoms with Gasteiger partial charge in [-0.2, -0.15) is 5.10 Å². The Morgan fingerprint density at radius 1 is 1.11 bits per heavy atom. The lowest BCUT2D eigenvalue weighted by atomic mass is 10.1. The van der Waals surface area contributed by atoms with E-state index in [0.717, 1.165) is 48.4 Å². The summed E-state index contributed by atoms with van der Waals surface area (Å²) in [6, 6.07) is 13.4. The zero-order valence-corrected chi connectivity index (χ0v) is 15.7. The molecule has 1 aromatic carbocycles. The molecule has 4 heterocycles. The number of carbonyl (C=O) groups excluding carboxylic acids is 1. The largest absolute Gasteiger partial charge is 0.467 e. The summed E-state index contributed by atoms with van der Waals surface area (Å²) in [5, 5.41) is 7.30. The van der Waals surface area contributed by atoms with Gasteiger partial charge in [-0.25, -0.2) is 5.01 Å². The molecule has 1 unspecified atom stereocenters.